The second-order valence-electron chi connectivity index (χ2n) is 12.4. The number of aliphatic hydroxyl groups is 1. The van der Waals surface area contributed by atoms with Crippen LogP contribution in [0.25, 0.3) is 16.6 Å². The molecule has 2 bridgehead atoms. The van der Waals surface area contributed by atoms with Gasteiger partial charge in [-0.15, -0.1) is 0 Å². The molecule has 9 nitrogen and oxygen atoms in total. The van der Waals surface area contributed by atoms with E-state index >= 15 is 0 Å². The molecule has 2 aliphatic rings. The van der Waals surface area contributed by atoms with Crippen molar-refractivity contribution >= 4 is 22.7 Å². The molecule has 0 radical (unpaired) electrons. The molecule has 5 unspecified atom stereocenters. The van der Waals surface area contributed by atoms with Crippen LogP contribution in [0.4, 0.5) is 11.4 Å². The van der Waals surface area contributed by atoms with Crippen LogP contribution in [-0.2, 0) is 6.42 Å². The van der Waals surface area contributed by atoms with E-state index < -0.39 is 5.60 Å². The largest absolute Gasteiger partial charge is 0.508 e. The van der Waals surface area contributed by atoms with Crippen LogP contribution in [0.2, 0.25) is 0 Å². The highest BCUT2D eigenvalue weighted by Crippen LogP contribution is 2.48. The summed E-state index contributed by atoms with van der Waals surface area (Å²) in [5.74, 6) is 2.41. The first kappa shape index (κ1) is 28.0. The van der Waals surface area contributed by atoms with Crippen LogP contribution in [0.5, 0.6) is 11.6 Å². The second-order valence-corrected chi connectivity index (χ2v) is 12.4. The van der Waals surface area contributed by atoms with Crippen LogP contribution in [0, 0.1) is 17.8 Å². The molecule has 42 heavy (non-hydrogen) atoms. The number of aromatic hydroxyl groups is 1. The van der Waals surface area contributed by atoms with Gasteiger partial charge in [0.1, 0.15) is 11.6 Å². The van der Waals surface area contributed by atoms with Crippen LogP contribution in [-0.4, -0.2) is 49.4 Å². The number of nitrogens with one attached hydrogen (secondary N) is 1. The van der Waals surface area contributed by atoms with E-state index in [0.717, 1.165) is 59.3 Å². The minimum Gasteiger partial charge on any atom is -0.508 e. The normalized spacial score (nSPS) is 25.9. The molecule has 0 saturated heterocycles. The Hall–Kier alpha value is -4.11. The van der Waals surface area contributed by atoms with Crippen molar-refractivity contribution in [3.63, 3.8) is 0 Å². The highest BCUT2D eigenvalue weighted by atomic mass is 16.5. The van der Waals surface area contributed by atoms with Crippen molar-refractivity contribution < 1.29 is 14.9 Å². The van der Waals surface area contributed by atoms with Gasteiger partial charge in [0.25, 0.3) is 0 Å². The van der Waals surface area contributed by atoms with Gasteiger partial charge in [0, 0.05) is 35.6 Å². The van der Waals surface area contributed by atoms with Crippen LogP contribution in [0.1, 0.15) is 57.6 Å². The second kappa shape index (κ2) is 10.9. The van der Waals surface area contributed by atoms with E-state index in [9.17, 15) is 10.2 Å². The average molecular weight is 569 g/mol. The number of phenols is 1. The Balaban J connectivity index is 1.46. The number of nitrogens with two attached hydrogens (primary N) is 1. The van der Waals surface area contributed by atoms with Gasteiger partial charge in [-0.25, -0.2) is 14.5 Å². The fourth-order valence-corrected chi connectivity index (χ4v) is 7.27. The van der Waals surface area contributed by atoms with Gasteiger partial charge in [-0.05, 0) is 92.7 Å². The summed E-state index contributed by atoms with van der Waals surface area (Å²) in [4.78, 5) is 9.21. The van der Waals surface area contributed by atoms with Crippen LogP contribution in [0.15, 0.2) is 60.0 Å². The standard InChI is InChI=1S/C33H40N6O3/c1-5-21-12-25(40)7-8-27(21)37-32(34)26-17-36-39-18-24(22-6-9-29(42-4)35-16-22)13-28(39)31(26)38-30-19(2)10-20-11-23(30)15-33(3,41)14-20/h6-9,12-13,16-20,23,30,38,40-41H,5,10-11,14-15H2,1-4H3,(H2,34,37). The lowest BCUT2D eigenvalue weighted by molar-refractivity contribution is -0.0501. The minimum absolute atomic E-state index is 0.159. The Labute approximate surface area is 246 Å². The maximum Gasteiger partial charge on any atom is 0.212 e. The third-order valence-electron chi connectivity index (χ3n) is 9.08. The number of pyridine rings is 1. The first-order valence-electron chi connectivity index (χ1n) is 14.8. The number of benzene rings is 1. The Bertz CT molecular complexity index is 1630. The van der Waals surface area contributed by atoms with Crippen molar-refractivity contribution in [3.05, 3.63) is 66.1 Å². The molecular formula is C33H40N6O3. The summed E-state index contributed by atoms with van der Waals surface area (Å²) in [6, 6.07) is 11.2. The lowest BCUT2D eigenvalue weighted by Crippen LogP contribution is -2.50. The molecule has 0 spiro atoms. The molecule has 0 aliphatic heterocycles. The molecule has 2 aliphatic carbocycles. The van der Waals surface area contributed by atoms with Crippen molar-refractivity contribution in [1.82, 2.24) is 14.6 Å². The van der Waals surface area contributed by atoms with Gasteiger partial charge in [-0.3, -0.25) is 0 Å². The van der Waals surface area contributed by atoms with Crippen molar-refractivity contribution in [3.8, 4) is 22.8 Å². The lowest BCUT2D eigenvalue weighted by atomic mass is 9.61. The maximum absolute atomic E-state index is 11.1. The monoisotopic (exact) mass is 568 g/mol. The number of anilines is 1. The number of aliphatic imine (C=N–C) groups is 1. The van der Waals surface area contributed by atoms with Gasteiger partial charge >= 0.3 is 0 Å². The third-order valence-corrected chi connectivity index (χ3v) is 9.08. The summed E-state index contributed by atoms with van der Waals surface area (Å²) >= 11 is 0. The summed E-state index contributed by atoms with van der Waals surface area (Å²) < 4.78 is 7.11. The molecule has 5 atom stereocenters. The molecular weight excluding hydrogens is 528 g/mol. The molecule has 220 valence electrons. The molecule has 0 amide bonds. The first-order valence-corrected chi connectivity index (χ1v) is 14.8. The van der Waals surface area contributed by atoms with E-state index in [-0.39, 0.29) is 11.8 Å². The number of hydrogen-bond acceptors (Lipinski definition) is 7. The van der Waals surface area contributed by atoms with Crippen LogP contribution in [0.3, 0.4) is 0 Å². The smallest absolute Gasteiger partial charge is 0.212 e. The van der Waals surface area contributed by atoms with Gasteiger partial charge in [-0.2, -0.15) is 5.10 Å². The fourth-order valence-electron chi connectivity index (χ4n) is 7.27. The van der Waals surface area contributed by atoms with E-state index in [0.29, 0.717) is 41.5 Å². The zero-order valence-electron chi connectivity index (χ0n) is 24.7. The summed E-state index contributed by atoms with van der Waals surface area (Å²) in [6.45, 7) is 6.31. The SMILES string of the molecule is CCc1cc(O)ccc1N=C(N)c1cnn2cc(-c3ccc(OC)nc3)cc2c1NC1C(C)CC2CC1CC(C)(O)C2. The third kappa shape index (κ3) is 5.41. The number of nitrogens with zero attached hydrogens (tertiary/aromatic N) is 4. The number of ether oxygens (including phenoxy) is 1. The predicted molar refractivity (Wildman–Crippen MR) is 165 cm³/mol. The summed E-state index contributed by atoms with van der Waals surface area (Å²) in [5, 5.41) is 29.7. The number of amidine groups is 1. The van der Waals surface area contributed by atoms with Crippen molar-refractivity contribution in [2.24, 2.45) is 28.5 Å². The highest BCUT2D eigenvalue weighted by molar-refractivity contribution is 6.06. The zero-order chi connectivity index (χ0) is 29.6. The van der Waals surface area contributed by atoms with Crippen LogP contribution < -0.4 is 15.8 Å². The van der Waals surface area contributed by atoms with Crippen molar-refractivity contribution in [1.29, 1.82) is 0 Å². The zero-order valence-corrected chi connectivity index (χ0v) is 24.7. The number of hydrogen-bond donors (Lipinski definition) is 4. The quantitative estimate of drug-likeness (QED) is 0.166. The maximum atomic E-state index is 11.1. The van der Waals surface area contributed by atoms with E-state index in [1.54, 1.807) is 37.7 Å². The number of rotatable bonds is 7. The molecule has 3 aromatic heterocycles. The lowest BCUT2D eigenvalue weighted by Gasteiger charge is -2.49. The van der Waals surface area contributed by atoms with E-state index in [4.69, 9.17) is 20.6 Å². The topological polar surface area (TPSA) is 130 Å². The molecule has 2 saturated carbocycles. The van der Waals surface area contributed by atoms with Crippen LogP contribution >= 0.6 is 0 Å². The molecule has 4 aromatic rings. The minimum atomic E-state index is -0.649. The van der Waals surface area contributed by atoms with Crippen molar-refractivity contribution in [2.75, 3.05) is 12.4 Å². The molecule has 6 rings (SSSR count). The molecule has 5 N–H and O–H groups in total. The van der Waals surface area contributed by atoms with E-state index in [1.165, 1.54) is 0 Å². The van der Waals surface area contributed by atoms with Gasteiger partial charge in [0.05, 0.1) is 41.4 Å². The van der Waals surface area contributed by atoms with Gasteiger partial charge in [0.15, 0.2) is 0 Å². The Morgan fingerprint density at radius 1 is 1.17 bits per heavy atom. The highest BCUT2D eigenvalue weighted by Gasteiger charge is 2.45. The Morgan fingerprint density at radius 2 is 2.00 bits per heavy atom. The fraction of sp³-hybridized carbons (Fsp3) is 0.424. The van der Waals surface area contributed by atoms with E-state index in [1.807, 2.05) is 36.7 Å². The number of aromatic nitrogens is 3. The number of phenolic OH excluding ortho intramolecular Hbond substituents is 1. The molecule has 1 aromatic carbocycles. The number of methoxy groups -OCH3 is 1. The Morgan fingerprint density at radius 3 is 2.74 bits per heavy atom. The summed E-state index contributed by atoms with van der Waals surface area (Å²) in [6.07, 6.45) is 10.1. The number of aryl methyl sites for hydroxylation is 1. The summed E-state index contributed by atoms with van der Waals surface area (Å²) in [7, 11) is 1.60. The van der Waals surface area contributed by atoms with Gasteiger partial charge in [0.2, 0.25) is 5.88 Å². The predicted octanol–water partition coefficient (Wildman–Crippen LogP) is 5.70. The van der Waals surface area contributed by atoms with Gasteiger partial charge in [-0.1, -0.05) is 13.8 Å². The molecule has 2 fully saturated rings. The molecule has 9 heteroatoms. The first-order chi connectivity index (χ1) is 20.1. The molecule has 3 heterocycles. The summed E-state index contributed by atoms with van der Waals surface area (Å²) in [5.41, 5.74) is 12.1. The average Bonchev–Trinajstić information content (AvgIpc) is 3.40. The van der Waals surface area contributed by atoms with Crippen molar-refractivity contribution in [2.45, 2.75) is 64.5 Å². The van der Waals surface area contributed by atoms with Gasteiger partial charge < -0.3 is 26.0 Å². The Kier molecular flexibility index (Phi) is 7.30. The number of fused-ring (bicyclic) bond motifs is 3. The van der Waals surface area contributed by atoms with E-state index in [2.05, 4.69) is 23.3 Å².